The number of hydrogen-bond donors (Lipinski definition) is 2. The van der Waals surface area contributed by atoms with Crippen LogP contribution in [0.5, 0.6) is 0 Å². The highest BCUT2D eigenvalue weighted by Gasteiger charge is 2.40. The van der Waals surface area contributed by atoms with Crippen molar-refractivity contribution in [2.75, 3.05) is 25.6 Å². The molecule has 28 heavy (non-hydrogen) atoms. The standard InChI is InChI=1S/C19H28F3N3O2S/c1-14(8-11-28(3,26)27)25-17(23-2)24-13-18(9-5-10-18)15-6-4-7-16(12-15)19(20,21)22/h4,6-7,12,14H,5,8-11,13H2,1-3H3,(H2,23,24,25). The zero-order valence-electron chi connectivity index (χ0n) is 16.4. The van der Waals surface area contributed by atoms with Crippen LogP contribution in [0.1, 0.15) is 43.7 Å². The van der Waals surface area contributed by atoms with E-state index in [9.17, 15) is 21.6 Å². The Labute approximate surface area is 164 Å². The Morgan fingerprint density at radius 1 is 1.32 bits per heavy atom. The van der Waals surface area contributed by atoms with E-state index in [-0.39, 0.29) is 17.2 Å². The number of rotatable bonds is 7. The molecule has 0 aromatic heterocycles. The lowest BCUT2D eigenvalue weighted by molar-refractivity contribution is -0.137. The van der Waals surface area contributed by atoms with E-state index in [1.54, 1.807) is 13.1 Å². The number of benzene rings is 1. The number of nitrogens with zero attached hydrogens (tertiary/aromatic N) is 1. The summed E-state index contributed by atoms with van der Waals surface area (Å²) < 4.78 is 61.8. The van der Waals surface area contributed by atoms with E-state index in [4.69, 9.17) is 0 Å². The highest BCUT2D eigenvalue weighted by Crippen LogP contribution is 2.44. The minimum atomic E-state index is -4.36. The summed E-state index contributed by atoms with van der Waals surface area (Å²) in [6.07, 6.45) is -0.139. The van der Waals surface area contributed by atoms with E-state index in [2.05, 4.69) is 15.6 Å². The largest absolute Gasteiger partial charge is 0.416 e. The summed E-state index contributed by atoms with van der Waals surface area (Å²) in [5, 5.41) is 6.35. The second-order valence-electron chi connectivity index (χ2n) is 7.60. The summed E-state index contributed by atoms with van der Waals surface area (Å²) in [4.78, 5) is 4.15. The molecule has 1 unspecified atom stereocenters. The normalized spacial score (nSPS) is 18.3. The minimum absolute atomic E-state index is 0.0757. The van der Waals surface area contributed by atoms with Crippen LogP contribution in [0.25, 0.3) is 0 Å². The molecule has 0 radical (unpaired) electrons. The Hall–Kier alpha value is -1.77. The summed E-state index contributed by atoms with van der Waals surface area (Å²) in [7, 11) is -1.43. The van der Waals surface area contributed by atoms with E-state index in [0.717, 1.165) is 25.3 Å². The van der Waals surface area contributed by atoms with Gasteiger partial charge in [0.25, 0.3) is 0 Å². The molecule has 1 aliphatic carbocycles. The zero-order chi connectivity index (χ0) is 21.0. The van der Waals surface area contributed by atoms with Crippen molar-refractivity contribution >= 4 is 15.8 Å². The molecule has 1 aromatic carbocycles. The van der Waals surface area contributed by atoms with E-state index in [0.29, 0.717) is 24.5 Å². The van der Waals surface area contributed by atoms with Gasteiger partial charge in [-0.15, -0.1) is 0 Å². The maximum atomic E-state index is 13.1. The van der Waals surface area contributed by atoms with Gasteiger partial charge in [-0.1, -0.05) is 24.6 Å². The fourth-order valence-electron chi connectivity index (χ4n) is 3.34. The van der Waals surface area contributed by atoms with E-state index >= 15 is 0 Å². The van der Waals surface area contributed by atoms with Crippen LogP contribution < -0.4 is 10.6 Å². The molecule has 0 saturated heterocycles. The molecule has 5 nitrogen and oxygen atoms in total. The lowest BCUT2D eigenvalue weighted by atomic mass is 9.64. The second-order valence-corrected chi connectivity index (χ2v) is 9.86. The molecule has 1 saturated carbocycles. The average molecular weight is 420 g/mol. The van der Waals surface area contributed by atoms with Crippen LogP contribution in [0, 0.1) is 0 Å². The summed E-state index contributed by atoms with van der Waals surface area (Å²) in [6, 6.07) is 5.44. The van der Waals surface area contributed by atoms with Crippen molar-refractivity contribution in [1.29, 1.82) is 0 Å². The lowest BCUT2D eigenvalue weighted by Crippen LogP contribution is -2.50. The summed E-state index contributed by atoms with van der Waals surface area (Å²) in [6.45, 7) is 2.33. The Bertz CT molecular complexity index is 803. The molecule has 1 aromatic rings. The fourth-order valence-corrected chi connectivity index (χ4v) is 4.12. The predicted octanol–water partition coefficient (Wildman–Crippen LogP) is 3.12. The molecular weight excluding hydrogens is 391 g/mol. The molecule has 2 N–H and O–H groups in total. The highest BCUT2D eigenvalue weighted by atomic mass is 32.2. The van der Waals surface area contributed by atoms with Crippen LogP contribution in [-0.4, -0.2) is 46.0 Å². The summed E-state index contributed by atoms with van der Waals surface area (Å²) in [5.74, 6) is 0.589. The van der Waals surface area contributed by atoms with Crippen LogP contribution in [0.2, 0.25) is 0 Å². The van der Waals surface area contributed by atoms with Crippen molar-refractivity contribution in [2.45, 2.75) is 50.2 Å². The maximum Gasteiger partial charge on any atom is 0.416 e. The highest BCUT2D eigenvalue weighted by molar-refractivity contribution is 7.90. The third kappa shape index (κ3) is 6.12. The van der Waals surface area contributed by atoms with Crippen LogP contribution in [0.3, 0.4) is 0 Å². The molecule has 1 aliphatic rings. The zero-order valence-corrected chi connectivity index (χ0v) is 17.3. The summed E-state index contributed by atoms with van der Waals surface area (Å²) in [5.41, 5.74) is -0.302. The van der Waals surface area contributed by atoms with Crippen LogP contribution >= 0.6 is 0 Å². The van der Waals surface area contributed by atoms with Crippen LogP contribution in [-0.2, 0) is 21.4 Å². The van der Waals surface area contributed by atoms with Gasteiger partial charge in [0, 0.05) is 31.3 Å². The molecule has 9 heteroatoms. The van der Waals surface area contributed by atoms with Crippen molar-refractivity contribution in [3.05, 3.63) is 35.4 Å². The van der Waals surface area contributed by atoms with Gasteiger partial charge in [0.15, 0.2) is 5.96 Å². The molecule has 0 aliphatic heterocycles. The Morgan fingerprint density at radius 3 is 2.50 bits per heavy atom. The number of alkyl halides is 3. The van der Waals surface area contributed by atoms with Crippen molar-refractivity contribution in [3.63, 3.8) is 0 Å². The van der Waals surface area contributed by atoms with Gasteiger partial charge in [0.05, 0.1) is 11.3 Å². The van der Waals surface area contributed by atoms with E-state index in [1.807, 2.05) is 6.92 Å². The molecule has 1 fully saturated rings. The predicted molar refractivity (Wildman–Crippen MR) is 105 cm³/mol. The number of sulfone groups is 1. The van der Waals surface area contributed by atoms with Gasteiger partial charge in [-0.2, -0.15) is 13.2 Å². The van der Waals surface area contributed by atoms with E-state index < -0.39 is 21.6 Å². The first-order valence-electron chi connectivity index (χ1n) is 9.28. The number of halogens is 3. The number of aliphatic imine (C=N–C) groups is 1. The first-order chi connectivity index (χ1) is 13.0. The molecule has 0 amide bonds. The van der Waals surface area contributed by atoms with Crippen molar-refractivity contribution < 1.29 is 21.6 Å². The third-order valence-electron chi connectivity index (χ3n) is 5.24. The van der Waals surface area contributed by atoms with Gasteiger partial charge < -0.3 is 10.6 Å². The second kappa shape index (κ2) is 8.71. The molecule has 1 atom stereocenters. The Morgan fingerprint density at radius 2 is 2.00 bits per heavy atom. The molecule has 0 spiro atoms. The van der Waals surface area contributed by atoms with Gasteiger partial charge in [-0.25, -0.2) is 8.42 Å². The summed E-state index contributed by atoms with van der Waals surface area (Å²) >= 11 is 0. The van der Waals surface area contributed by atoms with Crippen molar-refractivity contribution in [1.82, 2.24) is 10.6 Å². The fraction of sp³-hybridized carbons (Fsp3) is 0.632. The smallest absolute Gasteiger partial charge is 0.356 e. The van der Waals surface area contributed by atoms with Gasteiger partial charge in [0.2, 0.25) is 0 Å². The molecule has 0 bridgehead atoms. The van der Waals surface area contributed by atoms with Crippen molar-refractivity contribution in [2.24, 2.45) is 4.99 Å². The molecule has 158 valence electrons. The first-order valence-corrected chi connectivity index (χ1v) is 11.3. The molecular formula is C19H28F3N3O2S. The van der Waals surface area contributed by atoms with Crippen molar-refractivity contribution in [3.8, 4) is 0 Å². The SMILES string of the molecule is CN=C(NCC1(c2cccc(C(F)(F)F)c2)CCC1)NC(C)CCS(C)(=O)=O. The van der Waals surface area contributed by atoms with Gasteiger partial charge >= 0.3 is 6.18 Å². The topological polar surface area (TPSA) is 70.6 Å². The van der Waals surface area contributed by atoms with E-state index in [1.165, 1.54) is 18.4 Å². The number of guanidine groups is 1. The Kier molecular flexibility index (Phi) is 7.01. The van der Waals surface area contributed by atoms with Gasteiger partial charge in [-0.05, 0) is 37.8 Å². The van der Waals surface area contributed by atoms with Gasteiger partial charge in [0.1, 0.15) is 9.84 Å². The minimum Gasteiger partial charge on any atom is -0.356 e. The average Bonchev–Trinajstić information content (AvgIpc) is 2.57. The Balaban J connectivity index is 2.02. The molecule has 2 rings (SSSR count). The monoisotopic (exact) mass is 419 g/mol. The van der Waals surface area contributed by atoms with Gasteiger partial charge in [-0.3, -0.25) is 4.99 Å². The molecule has 0 heterocycles. The lowest BCUT2D eigenvalue weighted by Gasteiger charge is -2.43. The first kappa shape index (κ1) is 22.5. The van der Waals surface area contributed by atoms with Crippen LogP contribution in [0.15, 0.2) is 29.3 Å². The maximum absolute atomic E-state index is 13.1. The third-order valence-corrected chi connectivity index (χ3v) is 6.21. The van der Waals surface area contributed by atoms with Crippen LogP contribution in [0.4, 0.5) is 13.2 Å². The quantitative estimate of drug-likeness (QED) is 0.526. The number of nitrogens with one attached hydrogen (secondary N) is 2. The number of hydrogen-bond acceptors (Lipinski definition) is 3.